The summed E-state index contributed by atoms with van der Waals surface area (Å²) in [5.41, 5.74) is 0.329. The maximum absolute atomic E-state index is 5.70. The molecule has 0 saturated carbocycles. The Morgan fingerprint density at radius 1 is 1.00 bits per heavy atom. The molecule has 1 rings (SSSR count). The van der Waals surface area contributed by atoms with E-state index in [0.29, 0.717) is 11.6 Å². The van der Waals surface area contributed by atoms with Gasteiger partial charge in [0.05, 0.1) is 0 Å². The second-order valence-corrected chi connectivity index (χ2v) is 9.86. The predicted molar refractivity (Wildman–Crippen MR) is 94.2 cm³/mol. The number of likely N-dealkylation sites (tertiary alicyclic amines) is 1. The van der Waals surface area contributed by atoms with E-state index in [-0.39, 0.29) is 0 Å². The van der Waals surface area contributed by atoms with Crippen LogP contribution >= 0.6 is 0 Å². The highest BCUT2D eigenvalue weighted by atomic mass is 28.4. The Hall–Kier alpha value is 0.0569. The fraction of sp³-hybridized carbons (Fsp3) is 1.00. The molecule has 1 aliphatic heterocycles. The van der Waals surface area contributed by atoms with Crippen LogP contribution in [0.1, 0.15) is 65.2 Å². The van der Waals surface area contributed by atoms with Crippen LogP contribution in [-0.4, -0.2) is 54.2 Å². The zero-order valence-electron chi connectivity index (χ0n) is 15.4. The minimum absolute atomic E-state index is 0.329. The quantitative estimate of drug-likeness (QED) is 0.398. The molecule has 0 radical (unpaired) electrons. The first kappa shape index (κ1) is 20.1. The summed E-state index contributed by atoms with van der Waals surface area (Å²) in [5, 5.41) is 0. The molecule has 0 aliphatic carbocycles. The van der Waals surface area contributed by atoms with Crippen LogP contribution in [0.15, 0.2) is 0 Å². The van der Waals surface area contributed by atoms with Crippen molar-refractivity contribution >= 4 is 8.80 Å². The first-order valence-electron chi connectivity index (χ1n) is 9.04. The van der Waals surface area contributed by atoms with Gasteiger partial charge in [-0.05, 0) is 32.4 Å². The zero-order valence-corrected chi connectivity index (χ0v) is 16.4. The van der Waals surface area contributed by atoms with Gasteiger partial charge in [0.1, 0.15) is 0 Å². The van der Waals surface area contributed by atoms with Crippen LogP contribution in [0.25, 0.3) is 0 Å². The molecule has 0 spiro atoms. The van der Waals surface area contributed by atoms with E-state index in [1.54, 1.807) is 21.3 Å². The van der Waals surface area contributed by atoms with Gasteiger partial charge in [0.2, 0.25) is 0 Å². The van der Waals surface area contributed by atoms with Crippen molar-refractivity contribution in [3.8, 4) is 0 Å². The van der Waals surface area contributed by atoms with Gasteiger partial charge in [-0.2, -0.15) is 0 Å². The SMILES string of the molecule is CCCCCCCCN1CCCC1C(C)[Si](OC)(OC)OC. The number of hydrogen-bond donors (Lipinski definition) is 0. The average Bonchev–Trinajstić information content (AvgIpc) is 3.01. The highest BCUT2D eigenvalue weighted by Gasteiger charge is 2.50. The molecule has 132 valence electrons. The molecule has 0 aromatic rings. The van der Waals surface area contributed by atoms with Crippen molar-refractivity contribution in [2.45, 2.75) is 76.8 Å². The van der Waals surface area contributed by atoms with E-state index < -0.39 is 8.80 Å². The zero-order chi connectivity index (χ0) is 16.4. The summed E-state index contributed by atoms with van der Waals surface area (Å²) in [4.78, 5) is 2.64. The molecule has 0 N–H and O–H groups in total. The molecular weight excluding hydrogens is 294 g/mol. The third-order valence-electron chi connectivity index (χ3n) is 5.20. The first-order chi connectivity index (χ1) is 10.6. The molecule has 1 aliphatic rings. The van der Waals surface area contributed by atoms with Crippen molar-refractivity contribution in [3.05, 3.63) is 0 Å². The van der Waals surface area contributed by atoms with Crippen LogP contribution in [0.4, 0.5) is 0 Å². The maximum atomic E-state index is 5.70. The van der Waals surface area contributed by atoms with Crippen molar-refractivity contribution in [3.63, 3.8) is 0 Å². The largest absolute Gasteiger partial charge is 0.504 e. The van der Waals surface area contributed by atoms with E-state index in [9.17, 15) is 0 Å². The summed E-state index contributed by atoms with van der Waals surface area (Å²) in [6.45, 7) is 6.94. The Morgan fingerprint density at radius 2 is 1.59 bits per heavy atom. The average molecular weight is 332 g/mol. The van der Waals surface area contributed by atoms with Gasteiger partial charge in [0, 0.05) is 32.9 Å². The molecule has 2 atom stereocenters. The van der Waals surface area contributed by atoms with Gasteiger partial charge in [0.15, 0.2) is 0 Å². The molecule has 4 nitrogen and oxygen atoms in total. The van der Waals surface area contributed by atoms with Crippen molar-refractivity contribution in [2.24, 2.45) is 0 Å². The maximum Gasteiger partial charge on any atom is 0.504 e. The lowest BCUT2D eigenvalue weighted by molar-refractivity contribution is 0.0953. The molecule has 0 aromatic heterocycles. The number of nitrogens with zero attached hydrogens (tertiary/aromatic N) is 1. The number of rotatable bonds is 12. The summed E-state index contributed by atoms with van der Waals surface area (Å²) < 4.78 is 17.1. The van der Waals surface area contributed by atoms with Crippen LogP contribution in [0.2, 0.25) is 5.54 Å². The second-order valence-electron chi connectivity index (χ2n) is 6.52. The minimum Gasteiger partial charge on any atom is -0.377 e. The standard InChI is InChI=1S/C17H37NO3Si/c1-6-7-8-9-10-11-14-18-15-12-13-17(18)16(2)22(19-3,20-4)21-5/h16-17H,6-15H2,1-5H3. The van der Waals surface area contributed by atoms with Crippen molar-refractivity contribution in [1.82, 2.24) is 4.90 Å². The Kier molecular flexibility index (Phi) is 9.83. The van der Waals surface area contributed by atoms with E-state index in [1.165, 1.54) is 64.5 Å². The Labute approximate surface area is 138 Å². The van der Waals surface area contributed by atoms with Gasteiger partial charge < -0.3 is 18.2 Å². The van der Waals surface area contributed by atoms with Gasteiger partial charge in [-0.25, -0.2) is 0 Å². The lowest BCUT2D eigenvalue weighted by Gasteiger charge is -2.37. The molecule has 2 unspecified atom stereocenters. The lowest BCUT2D eigenvalue weighted by atomic mass is 10.1. The molecule has 1 fully saturated rings. The summed E-state index contributed by atoms with van der Waals surface area (Å²) in [6, 6.07) is 0.544. The van der Waals surface area contributed by atoms with E-state index >= 15 is 0 Å². The first-order valence-corrected chi connectivity index (χ1v) is 10.8. The fourth-order valence-electron chi connectivity index (χ4n) is 3.83. The normalized spacial score (nSPS) is 21.4. The molecule has 0 bridgehead atoms. The van der Waals surface area contributed by atoms with Crippen molar-refractivity contribution in [1.29, 1.82) is 0 Å². The van der Waals surface area contributed by atoms with Crippen molar-refractivity contribution in [2.75, 3.05) is 34.4 Å². The van der Waals surface area contributed by atoms with Gasteiger partial charge in [-0.1, -0.05) is 46.0 Å². The Morgan fingerprint density at radius 3 is 2.18 bits per heavy atom. The van der Waals surface area contributed by atoms with Gasteiger partial charge >= 0.3 is 8.80 Å². The Balaban J connectivity index is 2.44. The minimum atomic E-state index is -2.53. The summed E-state index contributed by atoms with van der Waals surface area (Å²) in [6.07, 6.45) is 10.7. The number of hydrogen-bond acceptors (Lipinski definition) is 4. The van der Waals surface area contributed by atoms with Gasteiger partial charge in [-0.3, -0.25) is 0 Å². The molecule has 0 aromatic carbocycles. The molecule has 5 heteroatoms. The lowest BCUT2D eigenvalue weighted by Crippen LogP contribution is -2.53. The monoisotopic (exact) mass is 331 g/mol. The summed E-state index contributed by atoms with van der Waals surface area (Å²) in [7, 11) is 2.64. The summed E-state index contributed by atoms with van der Waals surface area (Å²) in [5.74, 6) is 0. The van der Waals surface area contributed by atoms with Crippen LogP contribution < -0.4 is 0 Å². The third kappa shape index (κ3) is 5.30. The Bertz CT molecular complexity index is 279. The molecule has 1 saturated heterocycles. The van der Waals surface area contributed by atoms with Crippen LogP contribution in [-0.2, 0) is 13.3 Å². The fourth-order valence-corrected chi connectivity index (χ4v) is 6.30. The van der Waals surface area contributed by atoms with Gasteiger partial charge in [0.25, 0.3) is 0 Å². The van der Waals surface area contributed by atoms with E-state index in [1.807, 2.05) is 0 Å². The molecule has 1 heterocycles. The third-order valence-corrected chi connectivity index (χ3v) is 8.41. The highest BCUT2D eigenvalue weighted by Crippen LogP contribution is 2.35. The molecule has 0 amide bonds. The van der Waals surface area contributed by atoms with Crippen LogP contribution in [0.3, 0.4) is 0 Å². The van der Waals surface area contributed by atoms with Gasteiger partial charge in [-0.15, -0.1) is 0 Å². The van der Waals surface area contributed by atoms with Crippen molar-refractivity contribution < 1.29 is 13.3 Å². The number of unbranched alkanes of at least 4 members (excludes halogenated alkanes) is 5. The van der Waals surface area contributed by atoms with Crippen LogP contribution in [0, 0.1) is 0 Å². The second kappa shape index (κ2) is 10.8. The van der Waals surface area contributed by atoms with E-state index in [2.05, 4.69) is 18.7 Å². The molecular formula is C17H37NO3Si. The van der Waals surface area contributed by atoms with E-state index in [0.717, 1.165) is 0 Å². The molecule has 22 heavy (non-hydrogen) atoms. The highest BCUT2D eigenvalue weighted by molar-refractivity contribution is 6.62. The smallest absolute Gasteiger partial charge is 0.377 e. The topological polar surface area (TPSA) is 30.9 Å². The summed E-state index contributed by atoms with van der Waals surface area (Å²) >= 11 is 0. The van der Waals surface area contributed by atoms with Crippen LogP contribution in [0.5, 0.6) is 0 Å². The van der Waals surface area contributed by atoms with E-state index in [4.69, 9.17) is 13.3 Å². The predicted octanol–water partition coefficient (Wildman–Crippen LogP) is 4.08.